The zero-order valence-corrected chi connectivity index (χ0v) is 13.6. The maximum Gasteiger partial charge on any atom is 0.138 e. The number of aromatic nitrogens is 2. The summed E-state index contributed by atoms with van der Waals surface area (Å²) in [6, 6.07) is 10.1. The van der Waals surface area contributed by atoms with Crippen LogP contribution in [0, 0.1) is 11.3 Å². The number of benzene rings is 1. The lowest BCUT2D eigenvalue weighted by atomic mass is 10.1. The summed E-state index contributed by atoms with van der Waals surface area (Å²) in [6.45, 7) is 4.52. The molecule has 0 N–H and O–H groups in total. The lowest BCUT2D eigenvalue weighted by Crippen LogP contribution is -2.31. The maximum atomic E-state index is 9.26. The van der Waals surface area contributed by atoms with Gasteiger partial charge in [0.15, 0.2) is 0 Å². The largest absolute Gasteiger partial charge is 0.369 e. The van der Waals surface area contributed by atoms with Gasteiger partial charge in [0.05, 0.1) is 11.3 Å². The molecule has 1 saturated heterocycles. The Kier molecular flexibility index (Phi) is 4.88. The van der Waals surface area contributed by atoms with Gasteiger partial charge in [-0.15, -0.1) is 5.10 Å². The van der Waals surface area contributed by atoms with E-state index in [1.165, 1.54) is 11.5 Å². The van der Waals surface area contributed by atoms with E-state index in [-0.39, 0.29) is 0 Å². The summed E-state index contributed by atoms with van der Waals surface area (Å²) in [5.74, 6) is 0. The highest BCUT2D eigenvalue weighted by molar-refractivity contribution is 7.10. The number of rotatable bonds is 3. The Morgan fingerprint density at radius 2 is 2.09 bits per heavy atom. The highest BCUT2D eigenvalue weighted by atomic mass is 35.5. The smallest absolute Gasteiger partial charge is 0.138 e. The normalized spacial score (nSPS) is 16.3. The molecular formula is C15H16ClN5S. The van der Waals surface area contributed by atoms with Gasteiger partial charge in [-0.3, -0.25) is 4.90 Å². The third kappa shape index (κ3) is 3.38. The van der Waals surface area contributed by atoms with E-state index >= 15 is 0 Å². The summed E-state index contributed by atoms with van der Waals surface area (Å²) >= 11 is 7.32. The molecule has 114 valence electrons. The first-order valence-electron chi connectivity index (χ1n) is 7.21. The molecule has 1 aliphatic heterocycles. The Hall–Kier alpha value is -1.68. The zero-order valence-electron chi connectivity index (χ0n) is 12.1. The first-order valence-corrected chi connectivity index (χ1v) is 8.36. The second kappa shape index (κ2) is 7.05. The van der Waals surface area contributed by atoms with Crippen molar-refractivity contribution in [2.75, 3.05) is 31.1 Å². The fourth-order valence-electron chi connectivity index (χ4n) is 2.72. The molecule has 1 aliphatic rings. The highest BCUT2D eigenvalue weighted by Crippen LogP contribution is 2.23. The third-order valence-corrected chi connectivity index (χ3v) is 4.82. The Morgan fingerprint density at radius 3 is 2.86 bits per heavy atom. The van der Waals surface area contributed by atoms with Crippen LogP contribution in [-0.2, 0) is 6.54 Å². The molecule has 0 bridgehead atoms. The maximum absolute atomic E-state index is 9.26. The van der Waals surface area contributed by atoms with Crippen LogP contribution in [0.3, 0.4) is 0 Å². The van der Waals surface area contributed by atoms with E-state index in [0.29, 0.717) is 4.34 Å². The van der Waals surface area contributed by atoms with Gasteiger partial charge in [-0.1, -0.05) is 28.2 Å². The van der Waals surface area contributed by atoms with Gasteiger partial charge in [-0.2, -0.15) is 5.26 Å². The molecule has 0 amide bonds. The fourth-order valence-corrected chi connectivity index (χ4v) is 3.33. The summed E-state index contributed by atoms with van der Waals surface area (Å²) in [4.78, 5) is 4.64. The summed E-state index contributed by atoms with van der Waals surface area (Å²) in [6.07, 6.45) is 1.05. The zero-order chi connectivity index (χ0) is 15.4. The van der Waals surface area contributed by atoms with Crippen LogP contribution < -0.4 is 4.90 Å². The Balaban J connectivity index is 1.67. The molecule has 22 heavy (non-hydrogen) atoms. The molecule has 1 fully saturated rings. The fraction of sp³-hybridized carbons (Fsp3) is 0.400. The number of halogens is 1. The minimum atomic E-state index is 0.677. The molecule has 2 aromatic rings. The van der Waals surface area contributed by atoms with Gasteiger partial charge in [-0.25, -0.2) is 0 Å². The Bertz CT molecular complexity index is 681. The van der Waals surface area contributed by atoms with E-state index in [0.717, 1.165) is 56.1 Å². The van der Waals surface area contributed by atoms with Gasteiger partial charge in [0.2, 0.25) is 0 Å². The average Bonchev–Trinajstić information content (AvgIpc) is 2.81. The number of nitriles is 1. The summed E-state index contributed by atoms with van der Waals surface area (Å²) < 4.78 is 4.56. The van der Waals surface area contributed by atoms with Gasteiger partial charge < -0.3 is 4.90 Å². The highest BCUT2D eigenvalue weighted by Gasteiger charge is 2.19. The van der Waals surface area contributed by atoms with E-state index in [1.807, 2.05) is 24.3 Å². The van der Waals surface area contributed by atoms with Gasteiger partial charge in [0, 0.05) is 44.3 Å². The molecule has 0 spiro atoms. The lowest BCUT2D eigenvalue weighted by Gasteiger charge is -2.24. The number of anilines is 1. The van der Waals surface area contributed by atoms with Crippen LogP contribution >= 0.6 is 23.1 Å². The van der Waals surface area contributed by atoms with Gasteiger partial charge in [0.1, 0.15) is 16.1 Å². The Morgan fingerprint density at radius 1 is 1.23 bits per heavy atom. The molecule has 1 aromatic carbocycles. The van der Waals surface area contributed by atoms with Crippen LogP contribution in [0.2, 0.25) is 4.34 Å². The van der Waals surface area contributed by atoms with Crippen molar-refractivity contribution >= 4 is 28.8 Å². The van der Waals surface area contributed by atoms with Crippen molar-refractivity contribution in [3.63, 3.8) is 0 Å². The third-order valence-electron chi connectivity index (χ3n) is 3.84. The standard InChI is InChI=1S/C15H16ClN5S/c16-15-13(18-19-22-15)11-20-6-3-7-21(9-8-20)14-5-2-1-4-12(14)10-17/h1-2,4-5H,3,6-9,11H2. The minimum absolute atomic E-state index is 0.677. The number of para-hydroxylation sites is 1. The van der Waals surface area contributed by atoms with Crippen molar-refractivity contribution in [3.05, 3.63) is 39.9 Å². The molecule has 0 atom stereocenters. The predicted octanol–water partition coefficient (Wildman–Crippen LogP) is 2.78. The van der Waals surface area contributed by atoms with E-state index in [4.69, 9.17) is 11.6 Å². The molecule has 3 rings (SSSR count). The molecule has 0 aliphatic carbocycles. The average molecular weight is 334 g/mol. The van der Waals surface area contributed by atoms with Crippen LogP contribution in [-0.4, -0.2) is 40.7 Å². The number of hydrogen-bond acceptors (Lipinski definition) is 6. The van der Waals surface area contributed by atoms with Crippen molar-refractivity contribution in [2.24, 2.45) is 0 Å². The number of hydrogen-bond donors (Lipinski definition) is 0. The van der Waals surface area contributed by atoms with E-state index < -0.39 is 0 Å². The molecule has 0 saturated carbocycles. The molecule has 0 unspecified atom stereocenters. The van der Waals surface area contributed by atoms with Gasteiger partial charge in [0.25, 0.3) is 0 Å². The monoisotopic (exact) mass is 333 g/mol. The van der Waals surface area contributed by atoms with Gasteiger partial charge >= 0.3 is 0 Å². The predicted molar refractivity (Wildman–Crippen MR) is 88.2 cm³/mol. The van der Waals surface area contributed by atoms with Crippen LogP contribution in [0.25, 0.3) is 0 Å². The number of nitrogens with zero attached hydrogens (tertiary/aromatic N) is 5. The summed E-state index contributed by atoms with van der Waals surface area (Å²) in [5, 5.41) is 13.3. The van der Waals surface area contributed by atoms with Crippen molar-refractivity contribution in [1.82, 2.24) is 14.5 Å². The lowest BCUT2D eigenvalue weighted by molar-refractivity contribution is 0.282. The molecule has 0 radical (unpaired) electrons. The molecular weight excluding hydrogens is 318 g/mol. The first kappa shape index (κ1) is 15.2. The van der Waals surface area contributed by atoms with Crippen molar-refractivity contribution < 1.29 is 0 Å². The summed E-state index contributed by atoms with van der Waals surface area (Å²) in [5.41, 5.74) is 2.63. The van der Waals surface area contributed by atoms with Crippen molar-refractivity contribution in [3.8, 4) is 6.07 Å². The SMILES string of the molecule is N#Cc1ccccc1N1CCCN(Cc2nnsc2Cl)CC1. The van der Waals surface area contributed by atoms with Crippen molar-refractivity contribution in [2.45, 2.75) is 13.0 Å². The molecule has 1 aromatic heterocycles. The minimum Gasteiger partial charge on any atom is -0.369 e. The van der Waals surface area contributed by atoms with E-state index in [1.54, 1.807) is 0 Å². The van der Waals surface area contributed by atoms with Crippen LogP contribution in [0.15, 0.2) is 24.3 Å². The van der Waals surface area contributed by atoms with E-state index in [9.17, 15) is 5.26 Å². The molecule has 7 heteroatoms. The quantitative estimate of drug-likeness (QED) is 0.864. The first-order chi connectivity index (χ1) is 10.8. The van der Waals surface area contributed by atoms with Crippen LogP contribution in [0.1, 0.15) is 17.7 Å². The second-order valence-corrected chi connectivity index (χ2v) is 6.60. The second-order valence-electron chi connectivity index (χ2n) is 5.24. The Labute approximate surface area is 138 Å². The molecule has 5 nitrogen and oxygen atoms in total. The van der Waals surface area contributed by atoms with E-state index in [2.05, 4.69) is 25.5 Å². The topological polar surface area (TPSA) is 56.1 Å². The summed E-state index contributed by atoms with van der Waals surface area (Å²) in [7, 11) is 0. The van der Waals surface area contributed by atoms with Crippen LogP contribution in [0.4, 0.5) is 5.69 Å². The van der Waals surface area contributed by atoms with Crippen LogP contribution in [0.5, 0.6) is 0 Å². The van der Waals surface area contributed by atoms with Gasteiger partial charge in [-0.05, 0) is 18.6 Å². The molecule has 2 heterocycles. The van der Waals surface area contributed by atoms with Crippen molar-refractivity contribution in [1.29, 1.82) is 5.26 Å².